The molecule has 1 aromatic heterocycles. The minimum atomic E-state index is 0.0367. The number of fused-ring (bicyclic) bond motifs is 1. The lowest BCUT2D eigenvalue weighted by molar-refractivity contribution is 0.242. The molecule has 2 amide bonds. The van der Waals surface area contributed by atoms with Crippen LogP contribution in [0.15, 0.2) is 48.7 Å². The number of nitrogens with zero attached hydrogens (tertiary/aromatic N) is 4. The standard InChI is InChI=1S/C26H28N4O/c1-17-10-12-20(13-11-17)14-23-27-15-21-16-29(24-18(2)6-4-7-19(24)3)26(31)30(25(21)28-23)22-8-5-9-22/h4,6-7,10-13,15,22H,5,8-9,14,16H2,1-3H3. The maximum absolute atomic E-state index is 13.7. The smallest absolute Gasteiger partial charge is 0.289 e. The molecule has 5 nitrogen and oxygen atoms in total. The number of hydrogen-bond acceptors (Lipinski definition) is 3. The number of carbonyl (C=O) groups is 1. The van der Waals surface area contributed by atoms with Crippen LogP contribution in [0, 0.1) is 20.8 Å². The van der Waals surface area contributed by atoms with Crippen LogP contribution in [-0.4, -0.2) is 22.0 Å². The summed E-state index contributed by atoms with van der Waals surface area (Å²) in [5.74, 6) is 1.56. The van der Waals surface area contributed by atoms with Gasteiger partial charge in [-0.2, -0.15) is 0 Å². The molecule has 0 unspecified atom stereocenters. The van der Waals surface area contributed by atoms with Crippen molar-refractivity contribution in [3.8, 4) is 0 Å². The minimum absolute atomic E-state index is 0.0367. The van der Waals surface area contributed by atoms with Crippen molar-refractivity contribution in [2.24, 2.45) is 0 Å². The van der Waals surface area contributed by atoms with E-state index in [0.29, 0.717) is 13.0 Å². The van der Waals surface area contributed by atoms with E-state index in [4.69, 9.17) is 4.98 Å². The summed E-state index contributed by atoms with van der Waals surface area (Å²) in [6.45, 7) is 6.73. The molecule has 0 N–H and O–H groups in total. The van der Waals surface area contributed by atoms with Crippen molar-refractivity contribution in [3.63, 3.8) is 0 Å². The van der Waals surface area contributed by atoms with Gasteiger partial charge in [0.15, 0.2) is 0 Å². The number of para-hydroxylation sites is 1. The Balaban J connectivity index is 1.53. The Morgan fingerprint density at radius 3 is 2.35 bits per heavy atom. The lowest BCUT2D eigenvalue weighted by Gasteiger charge is -2.44. The summed E-state index contributed by atoms with van der Waals surface area (Å²) in [5.41, 5.74) is 6.67. The number of carbonyl (C=O) groups excluding carboxylic acids is 1. The highest BCUT2D eigenvalue weighted by Gasteiger charge is 2.40. The first-order valence-electron chi connectivity index (χ1n) is 11.1. The van der Waals surface area contributed by atoms with Crippen LogP contribution in [0.25, 0.3) is 0 Å². The first-order valence-corrected chi connectivity index (χ1v) is 11.1. The Hall–Kier alpha value is -3.21. The number of aromatic nitrogens is 2. The van der Waals surface area contributed by atoms with E-state index in [2.05, 4.69) is 62.2 Å². The van der Waals surface area contributed by atoms with E-state index in [9.17, 15) is 4.79 Å². The van der Waals surface area contributed by atoms with E-state index < -0.39 is 0 Å². The van der Waals surface area contributed by atoms with Gasteiger partial charge >= 0.3 is 6.03 Å². The SMILES string of the molecule is Cc1ccc(Cc2ncc3c(n2)N(C2CCC2)C(=O)N(c2c(C)cccc2C)C3)cc1. The summed E-state index contributed by atoms with van der Waals surface area (Å²) < 4.78 is 0. The zero-order valence-corrected chi connectivity index (χ0v) is 18.4. The molecule has 0 saturated heterocycles. The van der Waals surface area contributed by atoms with Crippen LogP contribution in [0.3, 0.4) is 0 Å². The summed E-state index contributed by atoms with van der Waals surface area (Å²) in [5, 5.41) is 0. The topological polar surface area (TPSA) is 49.3 Å². The molecule has 3 aromatic rings. The molecule has 0 bridgehead atoms. The van der Waals surface area contributed by atoms with Crippen LogP contribution in [-0.2, 0) is 13.0 Å². The van der Waals surface area contributed by atoms with Gasteiger partial charge in [-0.1, -0.05) is 48.0 Å². The largest absolute Gasteiger partial charge is 0.330 e. The van der Waals surface area contributed by atoms with Crippen LogP contribution in [0.2, 0.25) is 0 Å². The van der Waals surface area contributed by atoms with E-state index in [1.54, 1.807) is 0 Å². The molecule has 2 aliphatic rings. The number of amides is 2. The molecule has 2 heterocycles. The zero-order valence-electron chi connectivity index (χ0n) is 18.4. The molecular weight excluding hydrogens is 384 g/mol. The molecule has 1 saturated carbocycles. The number of benzene rings is 2. The molecular formula is C26H28N4O. The van der Waals surface area contributed by atoms with Crippen LogP contribution in [0.5, 0.6) is 0 Å². The predicted molar refractivity (Wildman–Crippen MR) is 124 cm³/mol. The van der Waals surface area contributed by atoms with Crippen molar-refractivity contribution in [2.45, 2.75) is 59.0 Å². The minimum Gasteiger partial charge on any atom is -0.289 e. The lowest BCUT2D eigenvalue weighted by Crippen LogP contribution is -2.54. The van der Waals surface area contributed by atoms with Gasteiger partial charge in [-0.15, -0.1) is 0 Å². The highest BCUT2D eigenvalue weighted by Crippen LogP contribution is 2.38. The first-order chi connectivity index (χ1) is 15.0. The second-order valence-electron chi connectivity index (χ2n) is 8.86. The van der Waals surface area contributed by atoms with Gasteiger partial charge in [0, 0.05) is 24.2 Å². The average Bonchev–Trinajstić information content (AvgIpc) is 2.71. The molecule has 1 fully saturated rings. The summed E-state index contributed by atoms with van der Waals surface area (Å²) in [6, 6.07) is 14.9. The quantitative estimate of drug-likeness (QED) is 0.569. The maximum Gasteiger partial charge on any atom is 0.330 e. The Labute approximate surface area is 183 Å². The van der Waals surface area contributed by atoms with Crippen molar-refractivity contribution < 1.29 is 4.79 Å². The van der Waals surface area contributed by atoms with Crippen LogP contribution >= 0.6 is 0 Å². The number of aryl methyl sites for hydroxylation is 3. The Morgan fingerprint density at radius 2 is 1.71 bits per heavy atom. The van der Waals surface area contributed by atoms with Gasteiger partial charge in [0.1, 0.15) is 11.6 Å². The van der Waals surface area contributed by atoms with Gasteiger partial charge in [0.25, 0.3) is 0 Å². The summed E-state index contributed by atoms with van der Waals surface area (Å²) in [4.78, 5) is 27.2. The predicted octanol–water partition coefficient (Wildman–Crippen LogP) is 5.49. The van der Waals surface area contributed by atoms with Crippen LogP contribution in [0.4, 0.5) is 16.3 Å². The molecule has 5 heteroatoms. The second-order valence-corrected chi connectivity index (χ2v) is 8.86. The van der Waals surface area contributed by atoms with Gasteiger partial charge < -0.3 is 0 Å². The van der Waals surface area contributed by atoms with E-state index in [-0.39, 0.29) is 12.1 Å². The Morgan fingerprint density at radius 1 is 1.00 bits per heavy atom. The molecule has 0 radical (unpaired) electrons. The maximum atomic E-state index is 13.7. The third kappa shape index (κ3) is 3.58. The van der Waals surface area contributed by atoms with Crippen molar-refractivity contribution in [1.82, 2.24) is 9.97 Å². The lowest BCUT2D eigenvalue weighted by atomic mass is 9.90. The number of rotatable bonds is 4. The first kappa shape index (κ1) is 19.7. The third-order valence-corrected chi connectivity index (χ3v) is 6.52. The van der Waals surface area contributed by atoms with E-state index in [1.807, 2.05) is 22.1 Å². The fourth-order valence-corrected chi connectivity index (χ4v) is 4.57. The third-order valence-electron chi connectivity index (χ3n) is 6.52. The van der Waals surface area contributed by atoms with Crippen molar-refractivity contribution >= 4 is 17.5 Å². The van der Waals surface area contributed by atoms with Crippen molar-refractivity contribution in [1.29, 1.82) is 0 Å². The zero-order chi connectivity index (χ0) is 21.5. The molecule has 2 aromatic carbocycles. The normalized spacial score (nSPS) is 16.3. The summed E-state index contributed by atoms with van der Waals surface area (Å²) in [6.07, 6.45) is 5.81. The van der Waals surface area contributed by atoms with E-state index in [0.717, 1.165) is 53.3 Å². The van der Waals surface area contributed by atoms with Crippen molar-refractivity contribution in [2.75, 3.05) is 9.80 Å². The molecule has 158 valence electrons. The number of urea groups is 1. The van der Waals surface area contributed by atoms with E-state index >= 15 is 0 Å². The summed E-state index contributed by atoms with van der Waals surface area (Å²) in [7, 11) is 0. The van der Waals surface area contributed by atoms with Crippen LogP contribution < -0.4 is 9.80 Å². The molecule has 0 atom stereocenters. The molecule has 5 rings (SSSR count). The Bertz CT molecular complexity index is 1110. The monoisotopic (exact) mass is 412 g/mol. The summed E-state index contributed by atoms with van der Waals surface area (Å²) >= 11 is 0. The van der Waals surface area contributed by atoms with Gasteiger partial charge in [0.2, 0.25) is 0 Å². The van der Waals surface area contributed by atoms with Crippen LogP contribution in [0.1, 0.15) is 52.9 Å². The fourth-order valence-electron chi connectivity index (χ4n) is 4.57. The highest BCUT2D eigenvalue weighted by atomic mass is 16.2. The molecule has 31 heavy (non-hydrogen) atoms. The van der Waals surface area contributed by atoms with Gasteiger partial charge in [0.05, 0.1) is 12.2 Å². The molecule has 0 spiro atoms. The van der Waals surface area contributed by atoms with Gasteiger partial charge in [-0.25, -0.2) is 14.8 Å². The van der Waals surface area contributed by atoms with Gasteiger partial charge in [-0.05, 0) is 56.7 Å². The van der Waals surface area contributed by atoms with E-state index in [1.165, 1.54) is 11.1 Å². The van der Waals surface area contributed by atoms with Crippen molar-refractivity contribution in [3.05, 3.63) is 82.3 Å². The number of anilines is 2. The Kier molecular flexibility index (Phi) is 4.97. The average molecular weight is 413 g/mol. The molecule has 1 aliphatic heterocycles. The molecule has 1 aliphatic carbocycles. The number of hydrogen-bond donors (Lipinski definition) is 0. The van der Waals surface area contributed by atoms with Gasteiger partial charge in [-0.3, -0.25) is 9.80 Å². The highest BCUT2D eigenvalue weighted by molar-refractivity contribution is 6.06. The fraction of sp³-hybridized carbons (Fsp3) is 0.346. The second kappa shape index (κ2) is 7.80.